The van der Waals surface area contributed by atoms with Gasteiger partial charge in [-0.2, -0.15) is 11.8 Å². The molecule has 7 heteroatoms. The van der Waals surface area contributed by atoms with Crippen LogP contribution in [0.1, 0.15) is 6.42 Å². The zero-order chi connectivity index (χ0) is 12.4. The average molecular weight is 293 g/mol. The Bertz CT molecular complexity index is 449. The summed E-state index contributed by atoms with van der Waals surface area (Å²) in [4.78, 5) is 0. The number of sulfonamides is 1. The van der Waals surface area contributed by atoms with E-state index in [-0.39, 0.29) is 5.60 Å². The minimum absolute atomic E-state index is 0.338. The van der Waals surface area contributed by atoms with Crippen molar-refractivity contribution < 1.29 is 13.2 Å². The molecule has 0 saturated carbocycles. The predicted molar refractivity (Wildman–Crippen MR) is 71.2 cm³/mol. The molecule has 0 radical (unpaired) electrons. The van der Waals surface area contributed by atoms with Crippen molar-refractivity contribution in [3.63, 3.8) is 0 Å². The summed E-state index contributed by atoms with van der Waals surface area (Å²) < 4.78 is 32.4. The fourth-order valence-electron chi connectivity index (χ4n) is 1.68. The molecule has 0 unspecified atom stereocenters. The molecular weight excluding hydrogens is 278 g/mol. The van der Waals surface area contributed by atoms with E-state index in [9.17, 15) is 8.42 Å². The highest BCUT2D eigenvalue weighted by Gasteiger charge is 2.35. The zero-order valence-corrected chi connectivity index (χ0v) is 12.0. The maximum atomic E-state index is 11.9. The SMILES string of the molecule is CO[C@]1(CNS(=O)(=O)c2cccs2)CCSC1. The van der Waals surface area contributed by atoms with Crippen LogP contribution in [0.15, 0.2) is 21.7 Å². The molecule has 0 spiro atoms. The summed E-state index contributed by atoms with van der Waals surface area (Å²) in [7, 11) is -1.73. The van der Waals surface area contributed by atoms with Crippen LogP contribution in [0.4, 0.5) is 0 Å². The molecule has 2 heterocycles. The van der Waals surface area contributed by atoms with E-state index in [1.807, 2.05) is 0 Å². The lowest BCUT2D eigenvalue weighted by Crippen LogP contribution is -2.44. The first-order valence-electron chi connectivity index (χ1n) is 5.24. The van der Waals surface area contributed by atoms with Gasteiger partial charge < -0.3 is 4.74 Å². The first kappa shape index (κ1) is 13.4. The molecule has 1 aliphatic rings. The molecular formula is C10H15NO3S3. The van der Waals surface area contributed by atoms with Crippen molar-refractivity contribution in [2.24, 2.45) is 0 Å². The van der Waals surface area contributed by atoms with Crippen LogP contribution >= 0.6 is 23.1 Å². The fourth-order valence-corrected chi connectivity index (χ4v) is 5.22. The van der Waals surface area contributed by atoms with Crippen LogP contribution in [0.25, 0.3) is 0 Å². The van der Waals surface area contributed by atoms with Gasteiger partial charge in [0.25, 0.3) is 0 Å². The van der Waals surface area contributed by atoms with Gasteiger partial charge in [0.05, 0.1) is 5.60 Å². The van der Waals surface area contributed by atoms with Crippen LogP contribution in [0.5, 0.6) is 0 Å². The van der Waals surface area contributed by atoms with E-state index in [4.69, 9.17) is 4.74 Å². The number of hydrogen-bond donors (Lipinski definition) is 1. The van der Waals surface area contributed by atoms with Crippen LogP contribution < -0.4 is 4.72 Å². The van der Waals surface area contributed by atoms with Gasteiger partial charge in [-0.15, -0.1) is 11.3 Å². The van der Waals surface area contributed by atoms with Crippen molar-refractivity contribution in [2.45, 2.75) is 16.2 Å². The van der Waals surface area contributed by atoms with E-state index in [2.05, 4.69) is 4.72 Å². The average Bonchev–Trinajstić information content (AvgIpc) is 2.99. The molecule has 4 nitrogen and oxygen atoms in total. The first-order chi connectivity index (χ1) is 8.08. The largest absolute Gasteiger partial charge is 0.376 e. The third-order valence-electron chi connectivity index (χ3n) is 2.84. The predicted octanol–water partition coefficient (Wildman–Crippen LogP) is 1.55. The number of thioether (sulfide) groups is 1. The lowest BCUT2D eigenvalue weighted by atomic mass is 10.0. The lowest BCUT2D eigenvalue weighted by Gasteiger charge is -2.26. The molecule has 1 saturated heterocycles. The van der Waals surface area contributed by atoms with Gasteiger partial charge in [-0.25, -0.2) is 13.1 Å². The Balaban J connectivity index is 2.02. The quantitative estimate of drug-likeness (QED) is 0.895. The van der Waals surface area contributed by atoms with Crippen molar-refractivity contribution in [1.82, 2.24) is 4.72 Å². The highest BCUT2D eigenvalue weighted by Crippen LogP contribution is 2.30. The van der Waals surface area contributed by atoms with E-state index in [0.717, 1.165) is 17.9 Å². The van der Waals surface area contributed by atoms with Crippen molar-refractivity contribution in [1.29, 1.82) is 0 Å². The monoisotopic (exact) mass is 293 g/mol. The molecule has 17 heavy (non-hydrogen) atoms. The van der Waals surface area contributed by atoms with Crippen LogP contribution in [0.2, 0.25) is 0 Å². The molecule has 1 aromatic rings. The van der Waals surface area contributed by atoms with E-state index >= 15 is 0 Å². The maximum absolute atomic E-state index is 11.9. The molecule has 0 bridgehead atoms. The molecule has 0 aliphatic carbocycles. The highest BCUT2D eigenvalue weighted by molar-refractivity contribution is 7.99. The van der Waals surface area contributed by atoms with Crippen molar-refractivity contribution in [3.8, 4) is 0 Å². The molecule has 1 aliphatic heterocycles. The summed E-state index contributed by atoms with van der Waals surface area (Å²) in [5, 5.41) is 1.76. The molecule has 2 rings (SSSR count). The number of rotatable bonds is 5. The van der Waals surface area contributed by atoms with E-state index in [0.29, 0.717) is 10.8 Å². The summed E-state index contributed by atoms with van der Waals surface area (Å²) in [5.41, 5.74) is -0.338. The summed E-state index contributed by atoms with van der Waals surface area (Å²) in [6.45, 7) is 0.344. The number of hydrogen-bond acceptors (Lipinski definition) is 5. The van der Waals surface area contributed by atoms with Gasteiger partial charge >= 0.3 is 0 Å². The molecule has 0 aromatic carbocycles. The number of thiophene rings is 1. The van der Waals surface area contributed by atoms with Gasteiger partial charge in [0.2, 0.25) is 10.0 Å². The molecule has 1 N–H and O–H groups in total. The summed E-state index contributed by atoms with van der Waals surface area (Å²) in [6, 6.07) is 3.34. The van der Waals surface area contributed by atoms with Crippen molar-refractivity contribution >= 4 is 33.1 Å². The second kappa shape index (κ2) is 5.27. The second-order valence-corrected chi connectivity index (χ2v) is 7.99. The van der Waals surface area contributed by atoms with Gasteiger partial charge in [-0.3, -0.25) is 0 Å². The van der Waals surface area contributed by atoms with Crippen molar-refractivity contribution in [2.75, 3.05) is 25.2 Å². The summed E-state index contributed by atoms with van der Waals surface area (Å²) in [5.74, 6) is 1.87. The van der Waals surface area contributed by atoms with Crippen LogP contribution in [-0.4, -0.2) is 39.2 Å². The van der Waals surface area contributed by atoms with Crippen LogP contribution in [-0.2, 0) is 14.8 Å². The Labute approximate surface area is 110 Å². The van der Waals surface area contributed by atoms with Gasteiger partial charge in [-0.05, 0) is 23.6 Å². The number of ether oxygens (including phenoxy) is 1. The molecule has 0 amide bonds. The number of nitrogens with one attached hydrogen (secondary N) is 1. The first-order valence-corrected chi connectivity index (χ1v) is 8.76. The fraction of sp³-hybridized carbons (Fsp3) is 0.600. The maximum Gasteiger partial charge on any atom is 0.250 e. The van der Waals surface area contributed by atoms with Crippen LogP contribution in [0.3, 0.4) is 0 Å². The molecule has 1 fully saturated rings. The molecule has 96 valence electrons. The standard InChI is InChI=1S/C10H15NO3S3/c1-14-10(4-6-15-8-10)7-11-17(12,13)9-3-2-5-16-9/h2-3,5,11H,4,6-8H2,1H3/t10-/m0/s1. The van der Waals surface area contributed by atoms with Gasteiger partial charge in [-0.1, -0.05) is 6.07 Å². The third kappa shape index (κ3) is 3.03. The van der Waals surface area contributed by atoms with E-state index in [1.54, 1.807) is 36.4 Å². The number of methoxy groups -OCH3 is 1. The topological polar surface area (TPSA) is 55.4 Å². The van der Waals surface area contributed by atoms with Gasteiger partial charge in [0.15, 0.2) is 0 Å². The Hall–Kier alpha value is -0.0800. The molecule has 1 atom stereocenters. The van der Waals surface area contributed by atoms with Gasteiger partial charge in [0.1, 0.15) is 4.21 Å². The molecule has 1 aromatic heterocycles. The smallest absolute Gasteiger partial charge is 0.250 e. The Morgan fingerprint density at radius 2 is 2.41 bits per heavy atom. The summed E-state index contributed by atoms with van der Waals surface area (Å²) in [6.07, 6.45) is 0.890. The highest BCUT2D eigenvalue weighted by atomic mass is 32.2. The Kier molecular flexibility index (Phi) is 4.14. The van der Waals surface area contributed by atoms with Crippen molar-refractivity contribution in [3.05, 3.63) is 17.5 Å². The normalized spacial score (nSPS) is 25.2. The van der Waals surface area contributed by atoms with E-state index in [1.165, 1.54) is 11.3 Å². The minimum atomic E-state index is -3.37. The lowest BCUT2D eigenvalue weighted by molar-refractivity contribution is 0.0179. The second-order valence-electron chi connectivity index (χ2n) is 3.95. The minimum Gasteiger partial charge on any atom is -0.376 e. The van der Waals surface area contributed by atoms with E-state index < -0.39 is 10.0 Å². The van der Waals surface area contributed by atoms with Crippen LogP contribution in [0, 0.1) is 0 Å². The Morgan fingerprint density at radius 3 is 2.94 bits per heavy atom. The third-order valence-corrected chi connectivity index (χ3v) is 6.87. The summed E-state index contributed by atoms with van der Waals surface area (Å²) >= 11 is 3.02. The Morgan fingerprint density at radius 1 is 1.59 bits per heavy atom. The zero-order valence-electron chi connectivity index (χ0n) is 9.51. The van der Waals surface area contributed by atoms with Gasteiger partial charge in [0, 0.05) is 19.4 Å².